The average Bonchev–Trinajstić information content (AvgIpc) is 2.36. The number of carbonyl (C=O) groups excluding carboxylic acids is 1. The fourth-order valence-electron chi connectivity index (χ4n) is 1.43. The molecule has 0 unspecified atom stereocenters. The summed E-state index contributed by atoms with van der Waals surface area (Å²) in [4.78, 5) is 12.0. The second-order valence-corrected chi connectivity index (χ2v) is 3.48. The third-order valence-corrected chi connectivity index (χ3v) is 2.61. The molecule has 5 nitrogen and oxygen atoms in total. The van der Waals surface area contributed by atoms with Gasteiger partial charge < -0.3 is 18.9 Å². The highest BCUT2D eigenvalue weighted by Crippen LogP contribution is 2.42. The topological polar surface area (TPSA) is 54.0 Å². The molecule has 0 aliphatic heterocycles. The number of ether oxygens (including phenoxy) is 4. The van der Waals surface area contributed by atoms with E-state index in [0.29, 0.717) is 16.4 Å². The molecule has 0 saturated carbocycles. The Morgan fingerprint density at radius 3 is 2.06 bits per heavy atom. The minimum atomic E-state index is -0.530. The molecular weight excluding hydrogens is 244 g/mol. The van der Waals surface area contributed by atoms with Crippen LogP contribution in [0.15, 0.2) is 11.0 Å². The number of hydrogen-bond donors (Lipinski definition) is 1. The molecule has 0 atom stereocenters. The molecule has 1 aromatic rings. The van der Waals surface area contributed by atoms with Gasteiger partial charge in [0.25, 0.3) is 0 Å². The van der Waals surface area contributed by atoms with Crippen molar-refractivity contribution < 1.29 is 23.7 Å². The molecule has 1 aromatic carbocycles. The van der Waals surface area contributed by atoms with Crippen molar-refractivity contribution in [1.29, 1.82) is 0 Å². The van der Waals surface area contributed by atoms with Gasteiger partial charge in [-0.1, -0.05) is 0 Å². The van der Waals surface area contributed by atoms with E-state index in [4.69, 9.17) is 14.2 Å². The predicted molar refractivity (Wildman–Crippen MR) is 64.7 cm³/mol. The van der Waals surface area contributed by atoms with E-state index in [1.807, 2.05) is 0 Å². The van der Waals surface area contributed by atoms with Gasteiger partial charge in [-0.15, -0.1) is 12.6 Å². The highest BCUT2D eigenvalue weighted by molar-refractivity contribution is 7.80. The maximum Gasteiger partial charge on any atom is 0.341 e. The maximum absolute atomic E-state index is 11.6. The van der Waals surface area contributed by atoms with Crippen LogP contribution in [-0.2, 0) is 4.74 Å². The lowest BCUT2D eigenvalue weighted by Gasteiger charge is -2.15. The number of esters is 1. The number of rotatable bonds is 4. The van der Waals surface area contributed by atoms with Crippen molar-refractivity contribution in [2.45, 2.75) is 4.90 Å². The van der Waals surface area contributed by atoms with Gasteiger partial charge in [0.1, 0.15) is 5.56 Å². The van der Waals surface area contributed by atoms with Crippen LogP contribution < -0.4 is 14.2 Å². The van der Waals surface area contributed by atoms with Gasteiger partial charge in [-0.3, -0.25) is 0 Å². The Balaban J connectivity index is 3.50. The quantitative estimate of drug-likeness (QED) is 0.659. The lowest BCUT2D eigenvalue weighted by molar-refractivity contribution is 0.0596. The van der Waals surface area contributed by atoms with E-state index >= 15 is 0 Å². The third kappa shape index (κ3) is 2.41. The fourth-order valence-corrected chi connectivity index (χ4v) is 1.84. The van der Waals surface area contributed by atoms with E-state index < -0.39 is 5.97 Å². The molecule has 0 radical (unpaired) electrons. The summed E-state index contributed by atoms with van der Waals surface area (Å²) in [5.74, 6) is 0.551. The molecule has 0 fully saturated rings. The van der Waals surface area contributed by atoms with E-state index in [2.05, 4.69) is 17.4 Å². The Morgan fingerprint density at radius 1 is 1.06 bits per heavy atom. The lowest BCUT2D eigenvalue weighted by Crippen LogP contribution is -2.06. The van der Waals surface area contributed by atoms with Gasteiger partial charge in [-0.2, -0.15) is 0 Å². The molecule has 0 N–H and O–H groups in total. The number of hydrogen-bond acceptors (Lipinski definition) is 6. The van der Waals surface area contributed by atoms with Crippen LogP contribution in [0.4, 0.5) is 0 Å². The Hall–Kier alpha value is -1.56. The van der Waals surface area contributed by atoms with E-state index in [0.717, 1.165) is 0 Å². The molecule has 0 spiro atoms. The molecule has 0 aliphatic carbocycles. The summed E-state index contributed by atoms with van der Waals surface area (Å²) in [5.41, 5.74) is 0.234. The Morgan fingerprint density at radius 2 is 1.65 bits per heavy atom. The van der Waals surface area contributed by atoms with Gasteiger partial charge in [0.15, 0.2) is 17.2 Å². The number of methoxy groups -OCH3 is 4. The second-order valence-electron chi connectivity index (χ2n) is 3.03. The molecule has 94 valence electrons. The molecule has 0 aliphatic rings. The first-order valence-corrected chi connectivity index (χ1v) is 5.15. The summed E-state index contributed by atoms with van der Waals surface area (Å²) in [7, 11) is 5.68. The van der Waals surface area contributed by atoms with Crippen LogP contribution in [0.1, 0.15) is 10.4 Å². The Kier molecular flexibility index (Phi) is 4.51. The van der Waals surface area contributed by atoms with Crippen molar-refractivity contribution in [3.63, 3.8) is 0 Å². The zero-order chi connectivity index (χ0) is 13.0. The molecular formula is C11H14O5S. The normalized spacial score (nSPS) is 9.71. The van der Waals surface area contributed by atoms with Crippen LogP contribution in [-0.4, -0.2) is 34.4 Å². The molecule has 0 heterocycles. The zero-order valence-corrected chi connectivity index (χ0v) is 11.0. The van der Waals surface area contributed by atoms with Crippen molar-refractivity contribution in [3.05, 3.63) is 11.6 Å². The lowest BCUT2D eigenvalue weighted by atomic mass is 10.1. The van der Waals surface area contributed by atoms with Gasteiger partial charge in [0.2, 0.25) is 0 Å². The van der Waals surface area contributed by atoms with Crippen molar-refractivity contribution in [2.75, 3.05) is 28.4 Å². The van der Waals surface area contributed by atoms with E-state index in [1.54, 1.807) is 0 Å². The monoisotopic (exact) mass is 258 g/mol. The minimum Gasteiger partial charge on any atom is -0.495 e. The summed E-state index contributed by atoms with van der Waals surface area (Å²) in [6.45, 7) is 0. The van der Waals surface area contributed by atoms with Crippen molar-refractivity contribution >= 4 is 18.6 Å². The van der Waals surface area contributed by atoms with Crippen LogP contribution >= 0.6 is 12.6 Å². The van der Waals surface area contributed by atoms with Crippen molar-refractivity contribution in [1.82, 2.24) is 0 Å². The molecule has 17 heavy (non-hydrogen) atoms. The SMILES string of the molecule is COC(=O)c1cc(OC)c(OC)c(S)c1OC. The van der Waals surface area contributed by atoms with Crippen LogP contribution in [0.2, 0.25) is 0 Å². The average molecular weight is 258 g/mol. The molecule has 1 rings (SSSR count). The molecule has 6 heteroatoms. The van der Waals surface area contributed by atoms with Crippen LogP contribution in [0.25, 0.3) is 0 Å². The van der Waals surface area contributed by atoms with E-state index in [1.165, 1.54) is 34.5 Å². The summed E-state index contributed by atoms with van der Waals surface area (Å²) < 4.78 is 20.0. The fraction of sp³-hybridized carbons (Fsp3) is 0.364. The summed E-state index contributed by atoms with van der Waals surface area (Å²) in [6.07, 6.45) is 0. The molecule has 0 amide bonds. The number of thiol groups is 1. The molecule has 0 aromatic heterocycles. The van der Waals surface area contributed by atoms with Crippen molar-refractivity contribution in [3.8, 4) is 17.2 Å². The van der Waals surface area contributed by atoms with Crippen LogP contribution in [0.3, 0.4) is 0 Å². The third-order valence-electron chi connectivity index (χ3n) is 2.21. The van der Waals surface area contributed by atoms with Crippen LogP contribution in [0.5, 0.6) is 17.2 Å². The summed E-state index contributed by atoms with van der Waals surface area (Å²) >= 11 is 4.26. The first kappa shape index (κ1) is 13.5. The van der Waals surface area contributed by atoms with Gasteiger partial charge >= 0.3 is 5.97 Å². The molecule has 0 saturated heterocycles. The van der Waals surface area contributed by atoms with Gasteiger partial charge in [0.05, 0.1) is 33.3 Å². The maximum atomic E-state index is 11.6. The first-order valence-electron chi connectivity index (χ1n) is 4.70. The largest absolute Gasteiger partial charge is 0.495 e. The Labute approximate surface area is 105 Å². The van der Waals surface area contributed by atoms with Gasteiger partial charge in [0, 0.05) is 6.07 Å². The highest BCUT2D eigenvalue weighted by Gasteiger charge is 2.22. The zero-order valence-electron chi connectivity index (χ0n) is 10.1. The van der Waals surface area contributed by atoms with Crippen molar-refractivity contribution in [2.24, 2.45) is 0 Å². The summed E-state index contributed by atoms with van der Waals surface area (Å²) in [6, 6.07) is 1.49. The van der Waals surface area contributed by atoms with E-state index in [9.17, 15) is 4.79 Å². The van der Waals surface area contributed by atoms with Gasteiger partial charge in [-0.25, -0.2) is 4.79 Å². The number of carbonyl (C=O) groups is 1. The van der Waals surface area contributed by atoms with Crippen LogP contribution in [0, 0.1) is 0 Å². The summed E-state index contributed by atoms with van der Waals surface area (Å²) in [5, 5.41) is 0. The molecule has 0 bridgehead atoms. The highest BCUT2D eigenvalue weighted by atomic mass is 32.1. The minimum absolute atomic E-state index is 0.234. The standard InChI is InChI=1S/C11H14O5S/c1-13-7-5-6(11(12)16-4)8(14-2)10(17)9(7)15-3/h5,17H,1-4H3. The smallest absolute Gasteiger partial charge is 0.341 e. The predicted octanol–water partition coefficient (Wildman–Crippen LogP) is 1.79. The second kappa shape index (κ2) is 5.67. The van der Waals surface area contributed by atoms with Gasteiger partial charge in [-0.05, 0) is 0 Å². The van der Waals surface area contributed by atoms with E-state index in [-0.39, 0.29) is 11.3 Å². The Bertz CT molecular complexity index is 430. The number of benzene rings is 1. The first-order chi connectivity index (χ1) is 8.10.